The number of hydrogen-bond acceptors (Lipinski definition) is 9. The SMILES string of the molecule is O=[N+]([O-])c1cnc(Sc2nnc(-c3cccnc3)n2Cc2ccco2)nc1. The molecular weight excluding hydrogens is 370 g/mol. The smallest absolute Gasteiger partial charge is 0.305 e. The van der Waals surface area contributed by atoms with Gasteiger partial charge in [-0.25, -0.2) is 9.97 Å². The van der Waals surface area contributed by atoms with Crippen LogP contribution < -0.4 is 0 Å². The van der Waals surface area contributed by atoms with Gasteiger partial charge < -0.3 is 4.42 Å². The molecule has 0 aliphatic carbocycles. The Bertz CT molecular complexity index is 1050. The van der Waals surface area contributed by atoms with Crippen LogP contribution in [0.3, 0.4) is 0 Å². The van der Waals surface area contributed by atoms with E-state index >= 15 is 0 Å². The third kappa shape index (κ3) is 3.67. The number of furan rings is 1. The molecule has 0 atom stereocenters. The van der Waals surface area contributed by atoms with E-state index in [9.17, 15) is 10.1 Å². The van der Waals surface area contributed by atoms with Gasteiger partial charge in [-0.15, -0.1) is 10.2 Å². The molecule has 0 aliphatic rings. The molecule has 4 aromatic rings. The second kappa shape index (κ2) is 7.33. The molecule has 0 bridgehead atoms. The molecule has 0 unspecified atom stereocenters. The molecule has 0 spiro atoms. The molecule has 27 heavy (non-hydrogen) atoms. The minimum Gasteiger partial charge on any atom is -0.467 e. The Labute approximate surface area is 156 Å². The maximum atomic E-state index is 10.7. The first-order valence-corrected chi connectivity index (χ1v) is 8.52. The number of hydrogen-bond donors (Lipinski definition) is 0. The van der Waals surface area contributed by atoms with Gasteiger partial charge in [-0.05, 0) is 36.0 Å². The van der Waals surface area contributed by atoms with Crippen molar-refractivity contribution in [3.8, 4) is 11.4 Å². The molecule has 0 aliphatic heterocycles. The molecule has 11 heteroatoms. The number of aromatic nitrogens is 6. The van der Waals surface area contributed by atoms with Crippen molar-refractivity contribution < 1.29 is 9.34 Å². The van der Waals surface area contributed by atoms with Gasteiger partial charge in [-0.1, -0.05) is 0 Å². The van der Waals surface area contributed by atoms with E-state index in [0.29, 0.717) is 22.7 Å². The molecule has 0 fully saturated rings. The van der Waals surface area contributed by atoms with Gasteiger partial charge in [-0.3, -0.25) is 19.7 Å². The van der Waals surface area contributed by atoms with Crippen molar-refractivity contribution in [1.82, 2.24) is 29.7 Å². The molecule has 10 nitrogen and oxygen atoms in total. The van der Waals surface area contributed by atoms with E-state index in [0.717, 1.165) is 35.5 Å². The van der Waals surface area contributed by atoms with Crippen LogP contribution in [0.25, 0.3) is 11.4 Å². The second-order valence-corrected chi connectivity index (χ2v) is 6.23. The Morgan fingerprint density at radius 3 is 2.67 bits per heavy atom. The fourth-order valence-corrected chi connectivity index (χ4v) is 3.03. The van der Waals surface area contributed by atoms with Crippen LogP contribution in [0.15, 0.2) is 70.0 Å². The zero-order valence-corrected chi connectivity index (χ0v) is 14.5. The van der Waals surface area contributed by atoms with E-state index < -0.39 is 4.92 Å². The lowest BCUT2D eigenvalue weighted by Gasteiger charge is -2.08. The highest BCUT2D eigenvalue weighted by atomic mass is 32.2. The lowest BCUT2D eigenvalue weighted by Crippen LogP contribution is -2.04. The molecule has 0 amide bonds. The van der Waals surface area contributed by atoms with Crippen LogP contribution in [0.4, 0.5) is 5.69 Å². The van der Waals surface area contributed by atoms with Gasteiger partial charge in [-0.2, -0.15) is 0 Å². The lowest BCUT2D eigenvalue weighted by atomic mass is 10.2. The van der Waals surface area contributed by atoms with Crippen LogP contribution in [-0.2, 0) is 6.54 Å². The van der Waals surface area contributed by atoms with Crippen molar-refractivity contribution in [2.45, 2.75) is 16.9 Å². The van der Waals surface area contributed by atoms with E-state index in [1.54, 1.807) is 24.7 Å². The number of nitrogens with zero attached hydrogens (tertiary/aromatic N) is 7. The van der Waals surface area contributed by atoms with Gasteiger partial charge in [0.15, 0.2) is 16.1 Å². The van der Waals surface area contributed by atoms with E-state index in [2.05, 4.69) is 25.1 Å². The summed E-state index contributed by atoms with van der Waals surface area (Å²) in [6.45, 7) is 0.402. The zero-order valence-electron chi connectivity index (χ0n) is 13.7. The van der Waals surface area contributed by atoms with Gasteiger partial charge in [0.2, 0.25) is 0 Å². The van der Waals surface area contributed by atoms with Crippen LogP contribution in [0.1, 0.15) is 5.76 Å². The van der Waals surface area contributed by atoms with Crippen LogP contribution in [0, 0.1) is 10.1 Å². The molecule has 0 saturated carbocycles. The Balaban J connectivity index is 1.69. The summed E-state index contributed by atoms with van der Waals surface area (Å²) in [7, 11) is 0. The van der Waals surface area contributed by atoms with Gasteiger partial charge in [0, 0.05) is 18.0 Å². The Hall–Kier alpha value is -3.60. The predicted molar refractivity (Wildman–Crippen MR) is 93.9 cm³/mol. The first-order chi connectivity index (χ1) is 13.2. The van der Waals surface area contributed by atoms with Crippen molar-refractivity contribution in [1.29, 1.82) is 0 Å². The van der Waals surface area contributed by atoms with Gasteiger partial charge >= 0.3 is 5.69 Å². The summed E-state index contributed by atoms with van der Waals surface area (Å²) in [6, 6.07) is 7.35. The average Bonchev–Trinajstić information content (AvgIpc) is 3.34. The van der Waals surface area contributed by atoms with Crippen molar-refractivity contribution in [3.05, 3.63) is 71.2 Å². The van der Waals surface area contributed by atoms with E-state index in [4.69, 9.17) is 4.42 Å². The van der Waals surface area contributed by atoms with Crippen molar-refractivity contribution >= 4 is 17.4 Å². The summed E-state index contributed by atoms with van der Waals surface area (Å²) in [4.78, 5) is 22.3. The molecule has 0 N–H and O–H groups in total. The van der Waals surface area contributed by atoms with Gasteiger partial charge in [0.05, 0.1) is 17.7 Å². The first-order valence-electron chi connectivity index (χ1n) is 7.71. The fraction of sp³-hybridized carbons (Fsp3) is 0.0625. The summed E-state index contributed by atoms with van der Waals surface area (Å²) in [5.74, 6) is 1.34. The van der Waals surface area contributed by atoms with Crippen LogP contribution in [0.5, 0.6) is 0 Å². The Morgan fingerprint density at radius 1 is 1.15 bits per heavy atom. The summed E-state index contributed by atoms with van der Waals surface area (Å²) >= 11 is 1.15. The topological polar surface area (TPSA) is 126 Å². The monoisotopic (exact) mass is 381 g/mol. The molecule has 0 aromatic carbocycles. The van der Waals surface area contributed by atoms with Gasteiger partial charge in [0.25, 0.3) is 0 Å². The molecule has 0 saturated heterocycles. The third-order valence-corrected chi connectivity index (χ3v) is 4.42. The van der Waals surface area contributed by atoms with Gasteiger partial charge in [0.1, 0.15) is 18.2 Å². The molecule has 134 valence electrons. The summed E-state index contributed by atoms with van der Waals surface area (Å²) in [5.41, 5.74) is 0.625. The van der Waals surface area contributed by atoms with E-state index in [-0.39, 0.29) is 5.69 Å². The predicted octanol–water partition coefficient (Wildman–Crippen LogP) is 2.83. The quantitative estimate of drug-likeness (QED) is 0.281. The standard InChI is InChI=1S/C16H11N7O3S/c24-23(25)12-8-18-15(19-9-12)27-16-21-20-14(11-3-1-5-17-7-11)22(16)10-13-4-2-6-26-13/h1-9H,10H2. The van der Waals surface area contributed by atoms with Crippen LogP contribution >= 0.6 is 11.8 Å². The minimum atomic E-state index is -0.547. The average molecular weight is 381 g/mol. The van der Waals surface area contributed by atoms with Crippen LogP contribution in [-0.4, -0.2) is 34.6 Å². The molecule has 4 heterocycles. The number of nitro groups is 1. The van der Waals surface area contributed by atoms with E-state index in [1.165, 1.54) is 0 Å². The molecule has 0 radical (unpaired) electrons. The third-order valence-electron chi connectivity index (χ3n) is 3.54. The molecule has 4 rings (SSSR count). The highest BCUT2D eigenvalue weighted by Crippen LogP contribution is 2.28. The number of rotatable bonds is 6. The Morgan fingerprint density at radius 2 is 2.00 bits per heavy atom. The highest BCUT2D eigenvalue weighted by Gasteiger charge is 2.18. The summed E-state index contributed by atoms with van der Waals surface area (Å²) in [5, 5.41) is 20.1. The Kier molecular flexibility index (Phi) is 4.58. The van der Waals surface area contributed by atoms with Crippen molar-refractivity contribution in [2.24, 2.45) is 0 Å². The summed E-state index contributed by atoms with van der Waals surface area (Å²) < 4.78 is 7.29. The molecule has 4 aromatic heterocycles. The zero-order chi connectivity index (χ0) is 18.6. The number of pyridine rings is 1. The van der Waals surface area contributed by atoms with Crippen LogP contribution in [0.2, 0.25) is 0 Å². The van der Waals surface area contributed by atoms with E-state index in [1.807, 2.05) is 22.8 Å². The normalized spacial score (nSPS) is 10.8. The highest BCUT2D eigenvalue weighted by molar-refractivity contribution is 7.99. The van der Waals surface area contributed by atoms with Crippen molar-refractivity contribution in [2.75, 3.05) is 0 Å². The first kappa shape index (κ1) is 16.8. The summed E-state index contributed by atoms with van der Waals surface area (Å²) in [6.07, 6.45) is 7.28. The fourth-order valence-electron chi connectivity index (χ4n) is 2.31. The second-order valence-electron chi connectivity index (χ2n) is 5.30. The minimum absolute atomic E-state index is 0.174. The maximum Gasteiger partial charge on any atom is 0.305 e. The van der Waals surface area contributed by atoms with Crippen molar-refractivity contribution in [3.63, 3.8) is 0 Å². The lowest BCUT2D eigenvalue weighted by molar-refractivity contribution is -0.385. The largest absolute Gasteiger partial charge is 0.467 e. The maximum absolute atomic E-state index is 10.7. The molecular formula is C16H11N7O3S.